The molecule has 0 radical (unpaired) electrons. The van der Waals surface area contributed by atoms with Gasteiger partial charge in [-0.2, -0.15) is 4.31 Å². The highest BCUT2D eigenvalue weighted by atomic mass is 79.9. The molecule has 0 spiro atoms. The summed E-state index contributed by atoms with van der Waals surface area (Å²) in [4.78, 5) is 3.49. The first-order valence-corrected chi connectivity index (χ1v) is 9.52. The molecule has 1 fully saturated rings. The standard InChI is InChI=1S/C11H18BrN3O2S2/c1-19(16,17)15-6-4-14(5-7-15)9(8-13)10-2-3-11(12)18-10/h2-3,9H,4-8,13H2,1H3. The third-order valence-electron chi connectivity index (χ3n) is 3.33. The second-order valence-corrected chi connectivity index (χ2v) is 9.07. The Morgan fingerprint density at radius 1 is 1.37 bits per heavy atom. The van der Waals surface area contributed by atoms with Crippen LogP contribution in [0.15, 0.2) is 15.9 Å². The van der Waals surface area contributed by atoms with Crippen molar-refractivity contribution in [2.45, 2.75) is 6.04 Å². The second-order valence-electron chi connectivity index (χ2n) is 4.59. The van der Waals surface area contributed by atoms with Gasteiger partial charge >= 0.3 is 0 Å². The second kappa shape index (κ2) is 6.19. The highest BCUT2D eigenvalue weighted by molar-refractivity contribution is 9.11. The molecule has 1 aromatic rings. The van der Waals surface area contributed by atoms with Gasteiger partial charge in [0.2, 0.25) is 10.0 Å². The Bertz CT molecular complexity index is 524. The van der Waals surface area contributed by atoms with Gasteiger partial charge in [-0.1, -0.05) is 0 Å². The molecule has 1 aliphatic rings. The third-order valence-corrected chi connectivity index (χ3v) is 6.36. The van der Waals surface area contributed by atoms with Gasteiger partial charge in [0, 0.05) is 37.6 Å². The minimum Gasteiger partial charge on any atom is -0.329 e. The number of rotatable bonds is 4. The van der Waals surface area contributed by atoms with Crippen molar-refractivity contribution in [1.82, 2.24) is 9.21 Å². The van der Waals surface area contributed by atoms with Crippen LogP contribution in [-0.2, 0) is 10.0 Å². The van der Waals surface area contributed by atoms with Gasteiger partial charge in [-0.25, -0.2) is 8.42 Å². The molecule has 5 nitrogen and oxygen atoms in total. The van der Waals surface area contributed by atoms with Crippen LogP contribution in [0.1, 0.15) is 10.9 Å². The van der Waals surface area contributed by atoms with Crippen molar-refractivity contribution in [2.75, 3.05) is 39.0 Å². The lowest BCUT2D eigenvalue weighted by atomic mass is 10.2. The van der Waals surface area contributed by atoms with E-state index in [0.717, 1.165) is 16.9 Å². The fraction of sp³-hybridized carbons (Fsp3) is 0.636. The molecular weight excluding hydrogens is 350 g/mol. The molecule has 0 saturated carbocycles. The van der Waals surface area contributed by atoms with Crippen LogP contribution >= 0.6 is 27.3 Å². The van der Waals surface area contributed by atoms with Crippen LogP contribution in [-0.4, -0.2) is 56.6 Å². The van der Waals surface area contributed by atoms with E-state index in [1.54, 1.807) is 11.3 Å². The van der Waals surface area contributed by atoms with Gasteiger partial charge in [0.25, 0.3) is 0 Å². The fourth-order valence-electron chi connectivity index (χ4n) is 2.30. The lowest BCUT2D eigenvalue weighted by Gasteiger charge is -2.37. The molecule has 1 unspecified atom stereocenters. The summed E-state index contributed by atoms with van der Waals surface area (Å²) in [7, 11) is -3.07. The van der Waals surface area contributed by atoms with Gasteiger partial charge in [0.1, 0.15) is 0 Å². The van der Waals surface area contributed by atoms with E-state index in [2.05, 4.69) is 26.9 Å². The maximum atomic E-state index is 11.5. The van der Waals surface area contributed by atoms with E-state index in [4.69, 9.17) is 5.73 Å². The molecule has 1 saturated heterocycles. The van der Waals surface area contributed by atoms with Crippen LogP contribution in [0.3, 0.4) is 0 Å². The Hall–Kier alpha value is 0.01000. The summed E-state index contributed by atoms with van der Waals surface area (Å²) in [5.41, 5.74) is 5.88. The maximum Gasteiger partial charge on any atom is 0.211 e. The largest absolute Gasteiger partial charge is 0.329 e. The summed E-state index contributed by atoms with van der Waals surface area (Å²) >= 11 is 5.14. The zero-order chi connectivity index (χ0) is 14.0. The normalized spacial score (nSPS) is 20.6. The van der Waals surface area contributed by atoms with Crippen LogP contribution in [0.2, 0.25) is 0 Å². The molecule has 108 valence electrons. The van der Waals surface area contributed by atoms with Crippen molar-refractivity contribution < 1.29 is 8.42 Å². The molecule has 1 aliphatic heterocycles. The van der Waals surface area contributed by atoms with Crippen molar-refractivity contribution in [3.63, 3.8) is 0 Å². The van der Waals surface area contributed by atoms with Gasteiger partial charge in [0.15, 0.2) is 0 Å². The molecule has 2 rings (SSSR count). The molecule has 2 heterocycles. The molecule has 0 aliphatic carbocycles. The van der Waals surface area contributed by atoms with Crippen LogP contribution in [0, 0.1) is 0 Å². The highest BCUT2D eigenvalue weighted by Gasteiger charge is 2.28. The molecule has 19 heavy (non-hydrogen) atoms. The maximum absolute atomic E-state index is 11.5. The predicted molar refractivity (Wildman–Crippen MR) is 81.8 cm³/mol. The van der Waals surface area contributed by atoms with Crippen LogP contribution in [0.25, 0.3) is 0 Å². The number of hydrogen-bond acceptors (Lipinski definition) is 5. The number of nitrogens with zero attached hydrogens (tertiary/aromatic N) is 2. The van der Waals surface area contributed by atoms with Crippen molar-refractivity contribution in [3.8, 4) is 0 Å². The number of sulfonamides is 1. The Morgan fingerprint density at radius 3 is 2.42 bits per heavy atom. The van der Waals surface area contributed by atoms with Crippen LogP contribution < -0.4 is 5.73 Å². The summed E-state index contributed by atoms with van der Waals surface area (Å²) in [6.07, 6.45) is 1.26. The summed E-state index contributed by atoms with van der Waals surface area (Å²) in [6.45, 7) is 3.09. The number of piperazine rings is 1. The van der Waals surface area contributed by atoms with Gasteiger partial charge < -0.3 is 5.73 Å². The van der Waals surface area contributed by atoms with E-state index in [0.29, 0.717) is 19.6 Å². The first-order chi connectivity index (χ1) is 8.91. The monoisotopic (exact) mass is 367 g/mol. The topological polar surface area (TPSA) is 66.6 Å². The van der Waals surface area contributed by atoms with Gasteiger partial charge in [-0.3, -0.25) is 4.90 Å². The van der Waals surface area contributed by atoms with E-state index in [1.165, 1.54) is 15.4 Å². The Labute approximate surface area is 126 Å². The molecule has 2 N–H and O–H groups in total. The van der Waals surface area contributed by atoms with E-state index in [-0.39, 0.29) is 6.04 Å². The number of halogens is 1. The third kappa shape index (κ3) is 3.77. The minimum atomic E-state index is -3.07. The van der Waals surface area contributed by atoms with Gasteiger partial charge in [-0.15, -0.1) is 11.3 Å². The average Bonchev–Trinajstić information content (AvgIpc) is 2.76. The molecule has 0 aromatic carbocycles. The SMILES string of the molecule is CS(=O)(=O)N1CCN(C(CN)c2ccc(Br)s2)CC1. The fourth-order valence-corrected chi connectivity index (χ4v) is 4.70. The molecule has 1 aromatic heterocycles. The average molecular weight is 368 g/mol. The van der Waals surface area contributed by atoms with E-state index in [9.17, 15) is 8.42 Å². The van der Waals surface area contributed by atoms with Crippen LogP contribution in [0.5, 0.6) is 0 Å². The summed E-state index contributed by atoms with van der Waals surface area (Å²) in [5, 5.41) is 0. The summed E-state index contributed by atoms with van der Waals surface area (Å²) < 4.78 is 25.6. The summed E-state index contributed by atoms with van der Waals surface area (Å²) in [5.74, 6) is 0. The van der Waals surface area contributed by atoms with Crippen molar-refractivity contribution >= 4 is 37.3 Å². The molecule has 8 heteroatoms. The lowest BCUT2D eigenvalue weighted by Crippen LogP contribution is -2.50. The Morgan fingerprint density at radius 2 is 2.00 bits per heavy atom. The van der Waals surface area contributed by atoms with Gasteiger partial charge in [-0.05, 0) is 28.1 Å². The Kier molecular flexibility index (Phi) is 5.02. The zero-order valence-electron chi connectivity index (χ0n) is 10.8. The molecule has 1 atom stereocenters. The number of thiophene rings is 1. The Balaban J connectivity index is 2.03. The molecular formula is C11H18BrN3O2S2. The number of hydrogen-bond donors (Lipinski definition) is 1. The highest BCUT2D eigenvalue weighted by Crippen LogP contribution is 2.30. The summed E-state index contributed by atoms with van der Waals surface area (Å²) in [6, 6.07) is 4.28. The number of nitrogens with two attached hydrogens (primary N) is 1. The van der Waals surface area contributed by atoms with Gasteiger partial charge in [0.05, 0.1) is 16.1 Å². The van der Waals surface area contributed by atoms with Crippen molar-refractivity contribution in [2.24, 2.45) is 5.73 Å². The quantitative estimate of drug-likeness (QED) is 0.864. The zero-order valence-corrected chi connectivity index (χ0v) is 14.0. The smallest absolute Gasteiger partial charge is 0.211 e. The van der Waals surface area contributed by atoms with Crippen LogP contribution in [0.4, 0.5) is 0 Å². The first kappa shape index (κ1) is 15.4. The predicted octanol–water partition coefficient (Wildman–Crippen LogP) is 1.09. The van der Waals surface area contributed by atoms with E-state index in [1.807, 2.05) is 6.07 Å². The molecule has 0 bridgehead atoms. The van der Waals surface area contributed by atoms with Crippen molar-refractivity contribution in [1.29, 1.82) is 0 Å². The minimum absolute atomic E-state index is 0.179. The van der Waals surface area contributed by atoms with Crippen molar-refractivity contribution in [3.05, 3.63) is 20.8 Å². The van der Waals surface area contributed by atoms with E-state index < -0.39 is 10.0 Å². The molecule has 0 amide bonds. The lowest BCUT2D eigenvalue weighted by molar-refractivity contribution is 0.142. The first-order valence-electron chi connectivity index (χ1n) is 6.06. The van der Waals surface area contributed by atoms with E-state index >= 15 is 0 Å².